The van der Waals surface area contributed by atoms with Crippen LogP contribution in [0.15, 0.2) is 24.3 Å². The molecule has 1 aromatic rings. The first-order chi connectivity index (χ1) is 11.0. The Morgan fingerprint density at radius 3 is 2.78 bits per heavy atom. The Morgan fingerprint density at radius 1 is 1.30 bits per heavy atom. The molecule has 0 radical (unpaired) electrons. The van der Waals surface area contributed by atoms with Crippen molar-refractivity contribution in [2.24, 2.45) is 0 Å². The van der Waals surface area contributed by atoms with E-state index in [-0.39, 0.29) is 24.5 Å². The van der Waals surface area contributed by atoms with E-state index in [1.165, 1.54) is 13.0 Å². The van der Waals surface area contributed by atoms with E-state index in [1.54, 1.807) is 23.1 Å². The summed E-state index contributed by atoms with van der Waals surface area (Å²) in [5.74, 6) is -0.955. The molecule has 1 aromatic carbocycles. The molecule has 6 nitrogen and oxygen atoms in total. The number of anilines is 1. The number of ether oxygens (including phenoxy) is 1. The van der Waals surface area contributed by atoms with E-state index in [0.29, 0.717) is 11.3 Å². The number of amides is 2. The van der Waals surface area contributed by atoms with Gasteiger partial charge in [0, 0.05) is 25.2 Å². The van der Waals surface area contributed by atoms with Crippen molar-refractivity contribution in [3.8, 4) is 0 Å². The molecule has 6 heteroatoms. The fourth-order valence-corrected chi connectivity index (χ4v) is 2.69. The molecule has 0 bridgehead atoms. The van der Waals surface area contributed by atoms with Gasteiger partial charge in [-0.15, -0.1) is 0 Å². The summed E-state index contributed by atoms with van der Waals surface area (Å²) >= 11 is 0. The number of carbonyl (C=O) groups is 3. The van der Waals surface area contributed by atoms with Crippen LogP contribution in [-0.4, -0.2) is 41.9 Å². The lowest BCUT2D eigenvalue weighted by Crippen LogP contribution is -2.44. The third-order valence-electron chi connectivity index (χ3n) is 3.87. The minimum atomic E-state index is -0.574. The van der Waals surface area contributed by atoms with Gasteiger partial charge in [-0.2, -0.15) is 0 Å². The molecule has 0 saturated carbocycles. The number of rotatable bonds is 4. The number of benzene rings is 1. The summed E-state index contributed by atoms with van der Waals surface area (Å²) in [6.45, 7) is 3.86. The minimum Gasteiger partial charge on any atom is -0.452 e. The Labute approximate surface area is 135 Å². The second-order valence-corrected chi connectivity index (χ2v) is 5.77. The zero-order valence-corrected chi connectivity index (χ0v) is 13.5. The largest absolute Gasteiger partial charge is 0.452 e. The summed E-state index contributed by atoms with van der Waals surface area (Å²) in [5.41, 5.74) is 0.818. The van der Waals surface area contributed by atoms with Gasteiger partial charge in [-0.3, -0.25) is 9.59 Å². The smallest absolute Gasteiger partial charge is 0.338 e. The van der Waals surface area contributed by atoms with Gasteiger partial charge in [0.05, 0.1) is 5.56 Å². The molecule has 1 aliphatic heterocycles. The van der Waals surface area contributed by atoms with Gasteiger partial charge in [0.1, 0.15) is 0 Å². The van der Waals surface area contributed by atoms with Crippen LogP contribution in [0.25, 0.3) is 0 Å². The zero-order chi connectivity index (χ0) is 16.8. The number of carbonyl (C=O) groups excluding carboxylic acids is 3. The molecule has 1 fully saturated rings. The molecular weight excluding hydrogens is 296 g/mol. The molecule has 1 heterocycles. The lowest BCUT2D eigenvalue weighted by Gasteiger charge is -2.33. The second kappa shape index (κ2) is 7.76. The summed E-state index contributed by atoms with van der Waals surface area (Å²) in [6, 6.07) is 6.63. The molecule has 2 amide bonds. The predicted octanol–water partition coefficient (Wildman–Crippen LogP) is 2.20. The van der Waals surface area contributed by atoms with Crippen LogP contribution in [0.3, 0.4) is 0 Å². The third kappa shape index (κ3) is 4.81. The lowest BCUT2D eigenvalue weighted by molar-refractivity contribution is -0.137. The predicted molar refractivity (Wildman–Crippen MR) is 86.1 cm³/mol. The fraction of sp³-hybridized carbons (Fsp3) is 0.471. The van der Waals surface area contributed by atoms with E-state index < -0.39 is 5.97 Å². The van der Waals surface area contributed by atoms with Crippen molar-refractivity contribution in [2.45, 2.75) is 39.2 Å². The highest BCUT2D eigenvalue weighted by atomic mass is 16.5. The van der Waals surface area contributed by atoms with Crippen molar-refractivity contribution >= 4 is 23.5 Å². The van der Waals surface area contributed by atoms with Crippen LogP contribution in [0.2, 0.25) is 0 Å². The maximum absolute atomic E-state index is 12.1. The molecule has 1 N–H and O–H groups in total. The number of esters is 1. The molecule has 23 heavy (non-hydrogen) atoms. The SMILES string of the molecule is CC(=O)Nc1cccc(C(=O)OCC(=O)N2CCCC[C@H]2C)c1. The first-order valence-corrected chi connectivity index (χ1v) is 7.81. The van der Waals surface area contributed by atoms with Gasteiger partial charge in [-0.25, -0.2) is 4.79 Å². The molecule has 1 atom stereocenters. The lowest BCUT2D eigenvalue weighted by atomic mass is 10.0. The Hall–Kier alpha value is -2.37. The third-order valence-corrected chi connectivity index (χ3v) is 3.87. The maximum Gasteiger partial charge on any atom is 0.338 e. The van der Waals surface area contributed by atoms with E-state index in [4.69, 9.17) is 4.74 Å². The molecular formula is C17H22N2O4. The number of hydrogen-bond donors (Lipinski definition) is 1. The van der Waals surface area contributed by atoms with E-state index in [9.17, 15) is 14.4 Å². The van der Waals surface area contributed by atoms with Crippen LogP contribution >= 0.6 is 0 Å². The summed E-state index contributed by atoms with van der Waals surface area (Å²) in [5, 5.41) is 2.60. The van der Waals surface area contributed by atoms with Crippen LogP contribution in [-0.2, 0) is 14.3 Å². The van der Waals surface area contributed by atoms with Crippen LogP contribution < -0.4 is 5.32 Å². The topological polar surface area (TPSA) is 75.7 Å². The minimum absolute atomic E-state index is 0.163. The van der Waals surface area contributed by atoms with Crippen molar-refractivity contribution in [1.29, 1.82) is 0 Å². The van der Waals surface area contributed by atoms with Crippen LogP contribution in [0.5, 0.6) is 0 Å². The van der Waals surface area contributed by atoms with Crippen LogP contribution in [0.1, 0.15) is 43.5 Å². The highest BCUT2D eigenvalue weighted by Crippen LogP contribution is 2.17. The number of hydrogen-bond acceptors (Lipinski definition) is 4. The van der Waals surface area contributed by atoms with Crippen molar-refractivity contribution in [2.75, 3.05) is 18.5 Å². The summed E-state index contributed by atoms with van der Waals surface area (Å²) < 4.78 is 5.11. The van der Waals surface area contributed by atoms with Gasteiger partial charge < -0.3 is 15.0 Å². The first kappa shape index (κ1) is 17.0. The van der Waals surface area contributed by atoms with Gasteiger partial charge in [0.25, 0.3) is 5.91 Å². The Morgan fingerprint density at radius 2 is 2.09 bits per heavy atom. The molecule has 0 aromatic heterocycles. The normalized spacial score (nSPS) is 17.5. The standard InChI is InChI=1S/C17H22N2O4/c1-12-6-3-4-9-19(12)16(21)11-23-17(22)14-7-5-8-15(10-14)18-13(2)20/h5,7-8,10,12H,3-4,6,9,11H2,1-2H3,(H,18,20)/t12-/m1/s1. The molecule has 124 valence electrons. The number of piperidine rings is 1. The quantitative estimate of drug-likeness (QED) is 0.864. The number of nitrogens with zero attached hydrogens (tertiary/aromatic N) is 1. The van der Waals surface area contributed by atoms with Crippen molar-refractivity contribution in [3.05, 3.63) is 29.8 Å². The average molecular weight is 318 g/mol. The maximum atomic E-state index is 12.1. The molecule has 0 aliphatic carbocycles. The van der Waals surface area contributed by atoms with Crippen molar-refractivity contribution < 1.29 is 19.1 Å². The number of nitrogens with one attached hydrogen (secondary N) is 1. The average Bonchev–Trinajstić information content (AvgIpc) is 2.52. The fourth-order valence-electron chi connectivity index (χ4n) is 2.69. The summed E-state index contributed by atoms with van der Waals surface area (Å²) in [6.07, 6.45) is 3.10. The van der Waals surface area contributed by atoms with Gasteiger partial charge in [0.2, 0.25) is 5.91 Å². The molecule has 1 aliphatic rings. The number of likely N-dealkylation sites (tertiary alicyclic amines) is 1. The zero-order valence-electron chi connectivity index (χ0n) is 13.5. The van der Waals surface area contributed by atoms with Crippen LogP contribution in [0.4, 0.5) is 5.69 Å². The van der Waals surface area contributed by atoms with E-state index in [0.717, 1.165) is 25.8 Å². The second-order valence-electron chi connectivity index (χ2n) is 5.77. The van der Waals surface area contributed by atoms with Gasteiger partial charge >= 0.3 is 5.97 Å². The highest BCUT2D eigenvalue weighted by molar-refractivity contribution is 5.94. The Kier molecular flexibility index (Phi) is 5.73. The van der Waals surface area contributed by atoms with E-state index in [1.807, 2.05) is 6.92 Å². The van der Waals surface area contributed by atoms with E-state index in [2.05, 4.69) is 5.32 Å². The Balaban J connectivity index is 1.91. The van der Waals surface area contributed by atoms with Crippen molar-refractivity contribution in [1.82, 2.24) is 4.90 Å². The summed E-state index contributed by atoms with van der Waals surface area (Å²) in [7, 11) is 0. The molecule has 0 unspecified atom stereocenters. The Bertz CT molecular complexity index is 600. The molecule has 0 spiro atoms. The molecule has 1 saturated heterocycles. The first-order valence-electron chi connectivity index (χ1n) is 7.81. The molecule has 2 rings (SSSR count). The van der Waals surface area contributed by atoms with Gasteiger partial charge in [-0.1, -0.05) is 6.07 Å². The monoisotopic (exact) mass is 318 g/mol. The van der Waals surface area contributed by atoms with E-state index >= 15 is 0 Å². The van der Waals surface area contributed by atoms with Crippen molar-refractivity contribution in [3.63, 3.8) is 0 Å². The van der Waals surface area contributed by atoms with Gasteiger partial charge in [-0.05, 0) is 44.4 Å². The summed E-state index contributed by atoms with van der Waals surface area (Å²) in [4.78, 5) is 37.0. The van der Waals surface area contributed by atoms with Crippen LogP contribution in [0, 0.1) is 0 Å². The highest BCUT2D eigenvalue weighted by Gasteiger charge is 2.24. The van der Waals surface area contributed by atoms with Gasteiger partial charge in [0.15, 0.2) is 6.61 Å².